The van der Waals surface area contributed by atoms with Gasteiger partial charge in [-0.2, -0.15) is 0 Å². The third kappa shape index (κ3) is 6.26. The predicted octanol–water partition coefficient (Wildman–Crippen LogP) is 1.78. The number of aliphatic carboxylic acids is 1. The van der Waals surface area contributed by atoms with Gasteiger partial charge in [0.15, 0.2) is 0 Å². The van der Waals surface area contributed by atoms with Crippen LogP contribution in [-0.2, 0) is 19.6 Å². The van der Waals surface area contributed by atoms with E-state index in [2.05, 4.69) is 5.32 Å². The maximum absolute atomic E-state index is 13.6. The average molecular weight is 395 g/mol. The smallest absolute Gasteiger partial charge is 0.305 e. The van der Waals surface area contributed by atoms with Gasteiger partial charge in [-0.15, -0.1) is 0 Å². The summed E-state index contributed by atoms with van der Waals surface area (Å²) in [6, 6.07) is 2.54. The molecule has 0 heterocycles. The Morgan fingerprint density at radius 3 is 2.40 bits per heavy atom. The van der Waals surface area contributed by atoms with Crippen molar-refractivity contribution >= 4 is 33.5 Å². The SMILES string of the molecule is CCN(CC)S(=O)(=O)CC(=O)NC(CC(=O)O)c1ccc(Cl)c(F)c1. The molecule has 0 saturated heterocycles. The van der Waals surface area contributed by atoms with Crippen molar-refractivity contribution in [3.8, 4) is 0 Å². The molecular weight excluding hydrogens is 375 g/mol. The molecule has 1 unspecified atom stereocenters. The molecule has 0 radical (unpaired) electrons. The van der Waals surface area contributed by atoms with Gasteiger partial charge in [0.25, 0.3) is 0 Å². The van der Waals surface area contributed by atoms with Gasteiger partial charge in [-0.25, -0.2) is 17.1 Å². The Morgan fingerprint density at radius 1 is 1.32 bits per heavy atom. The minimum atomic E-state index is -3.81. The van der Waals surface area contributed by atoms with Gasteiger partial charge in [0, 0.05) is 13.1 Å². The van der Waals surface area contributed by atoms with Crippen molar-refractivity contribution in [1.82, 2.24) is 9.62 Å². The highest BCUT2D eigenvalue weighted by molar-refractivity contribution is 7.89. The molecule has 1 atom stereocenters. The molecule has 7 nitrogen and oxygen atoms in total. The van der Waals surface area contributed by atoms with Gasteiger partial charge in [-0.3, -0.25) is 9.59 Å². The van der Waals surface area contributed by atoms with Gasteiger partial charge in [0.1, 0.15) is 11.6 Å². The lowest BCUT2D eigenvalue weighted by Gasteiger charge is -2.21. The van der Waals surface area contributed by atoms with E-state index in [1.54, 1.807) is 13.8 Å². The standard InChI is InChI=1S/C15H20ClFN2O5S/c1-3-19(4-2)25(23,24)9-14(20)18-13(8-15(21)22)10-5-6-11(16)12(17)7-10/h5-7,13H,3-4,8-9H2,1-2H3,(H,18,20)(H,21,22). The van der Waals surface area contributed by atoms with E-state index in [0.29, 0.717) is 0 Å². The van der Waals surface area contributed by atoms with E-state index in [9.17, 15) is 22.4 Å². The summed E-state index contributed by atoms with van der Waals surface area (Å²) < 4.78 is 38.9. The number of carboxylic acid groups (broad SMARTS) is 1. The van der Waals surface area contributed by atoms with Crippen molar-refractivity contribution in [2.24, 2.45) is 0 Å². The lowest BCUT2D eigenvalue weighted by molar-refractivity contribution is -0.137. The zero-order chi connectivity index (χ0) is 19.2. The highest BCUT2D eigenvalue weighted by Crippen LogP contribution is 2.22. The summed E-state index contributed by atoms with van der Waals surface area (Å²) in [5.41, 5.74) is 0.179. The number of hydrogen-bond acceptors (Lipinski definition) is 4. The second kappa shape index (κ2) is 9.12. The lowest BCUT2D eigenvalue weighted by Crippen LogP contribution is -2.40. The van der Waals surface area contributed by atoms with Gasteiger partial charge in [-0.1, -0.05) is 31.5 Å². The van der Waals surface area contributed by atoms with Crippen LogP contribution in [0.1, 0.15) is 31.9 Å². The van der Waals surface area contributed by atoms with Crippen LogP contribution in [0.2, 0.25) is 5.02 Å². The van der Waals surface area contributed by atoms with Gasteiger partial charge in [0.05, 0.1) is 17.5 Å². The second-order valence-corrected chi connectivity index (χ2v) is 7.61. The van der Waals surface area contributed by atoms with Gasteiger partial charge in [-0.05, 0) is 17.7 Å². The van der Waals surface area contributed by atoms with Crippen molar-refractivity contribution < 1.29 is 27.5 Å². The maximum atomic E-state index is 13.6. The summed E-state index contributed by atoms with van der Waals surface area (Å²) in [6.45, 7) is 3.71. The number of carboxylic acids is 1. The number of amides is 1. The summed E-state index contributed by atoms with van der Waals surface area (Å²) in [4.78, 5) is 23.1. The van der Waals surface area contributed by atoms with Crippen LogP contribution in [0.3, 0.4) is 0 Å². The number of carbonyl (C=O) groups excluding carboxylic acids is 1. The van der Waals surface area contributed by atoms with Crippen LogP contribution < -0.4 is 5.32 Å². The average Bonchev–Trinajstić information content (AvgIpc) is 2.49. The highest BCUT2D eigenvalue weighted by atomic mass is 35.5. The number of nitrogens with one attached hydrogen (secondary N) is 1. The summed E-state index contributed by atoms with van der Waals surface area (Å²) in [6.07, 6.45) is -0.530. The van der Waals surface area contributed by atoms with Crippen LogP contribution in [0.25, 0.3) is 0 Å². The Kier molecular flexibility index (Phi) is 7.78. The Balaban J connectivity index is 2.96. The van der Waals surface area contributed by atoms with E-state index >= 15 is 0 Å². The van der Waals surface area contributed by atoms with Crippen molar-refractivity contribution in [2.75, 3.05) is 18.8 Å². The first kappa shape index (κ1) is 21.3. The normalized spacial score (nSPS) is 12.8. The molecule has 2 N–H and O–H groups in total. The molecule has 0 saturated carbocycles. The van der Waals surface area contributed by atoms with Crippen LogP contribution in [0.4, 0.5) is 4.39 Å². The van der Waals surface area contributed by atoms with Crippen molar-refractivity contribution in [3.63, 3.8) is 0 Å². The molecular formula is C15H20ClFN2O5S. The molecule has 1 aromatic carbocycles. The zero-order valence-electron chi connectivity index (χ0n) is 13.8. The molecule has 0 aliphatic heterocycles. The summed E-state index contributed by atoms with van der Waals surface area (Å²) in [5.74, 6) is -3.68. The van der Waals surface area contributed by atoms with E-state index in [0.717, 1.165) is 10.4 Å². The van der Waals surface area contributed by atoms with Gasteiger partial charge >= 0.3 is 5.97 Å². The van der Waals surface area contributed by atoms with E-state index < -0.39 is 45.9 Å². The number of nitrogens with zero attached hydrogens (tertiary/aromatic N) is 1. The minimum Gasteiger partial charge on any atom is -0.481 e. The molecule has 140 valence electrons. The maximum Gasteiger partial charge on any atom is 0.305 e. The number of halogens is 2. The fourth-order valence-corrected chi connectivity index (χ4v) is 3.77. The largest absolute Gasteiger partial charge is 0.481 e. The second-order valence-electron chi connectivity index (χ2n) is 5.23. The van der Waals surface area contributed by atoms with Gasteiger partial charge < -0.3 is 10.4 Å². The molecule has 0 aliphatic rings. The first-order valence-corrected chi connectivity index (χ1v) is 9.53. The number of rotatable bonds is 9. The predicted molar refractivity (Wildman–Crippen MR) is 91.3 cm³/mol. The molecule has 0 bridgehead atoms. The zero-order valence-corrected chi connectivity index (χ0v) is 15.4. The molecule has 0 fully saturated rings. The number of sulfonamides is 1. The lowest BCUT2D eigenvalue weighted by atomic mass is 10.0. The third-order valence-electron chi connectivity index (χ3n) is 3.47. The Morgan fingerprint density at radius 2 is 1.92 bits per heavy atom. The Hall–Kier alpha value is -1.71. The third-order valence-corrected chi connectivity index (χ3v) is 5.71. The number of benzene rings is 1. The molecule has 0 spiro atoms. The van der Waals surface area contributed by atoms with Crippen LogP contribution >= 0.6 is 11.6 Å². The number of carbonyl (C=O) groups is 2. The molecule has 1 amide bonds. The Labute approximate surface area is 150 Å². The van der Waals surface area contributed by atoms with E-state index in [1.165, 1.54) is 12.1 Å². The molecule has 0 aliphatic carbocycles. The number of hydrogen-bond donors (Lipinski definition) is 2. The molecule has 1 rings (SSSR count). The van der Waals surface area contributed by atoms with Crippen LogP contribution in [0.5, 0.6) is 0 Å². The molecule has 25 heavy (non-hydrogen) atoms. The molecule has 10 heteroatoms. The van der Waals surface area contributed by atoms with Gasteiger partial charge in [0.2, 0.25) is 15.9 Å². The summed E-state index contributed by atoms with van der Waals surface area (Å²) in [5, 5.41) is 11.2. The first-order valence-electron chi connectivity index (χ1n) is 7.54. The van der Waals surface area contributed by atoms with Crippen molar-refractivity contribution in [3.05, 3.63) is 34.6 Å². The monoisotopic (exact) mass is 394 g/mol. The fourth-order valence-electron chi connectivity index (χ4n) is 2.27. The summed E-state index contributed by atoms with van der Waals surface area (Å²) >= 11 is 5.59. The van der Waals surface area contributed by atoms with Crippen LogP contribution in [0.15, 0.2) is 18.2 Å². The van der Waals surface area contributed by atoms with E-state index in [-0.39, 0.29) is 23.7 Å². The van der Waals surface area contributed by atoms with Crippen molar-refractivity contribution in [2.45, 2.75) is 26.3 Å². The van der Waals surface area contributed by atoms with Crippen molar-refractivity contribution in [1.29, 1.82) is 0 Å². The molecule has 0 aromatic heterocycles. The van der Waals surface area contributed by atoms with Crippen LogP contribution in [0, 0.1) is 5.82 Å². The topological polar surface area (TPSA) is 104 Å². The highest BCUT2D eigenvalue weighted by Gasteiger charge is 2.26. The Bertz CT molecular complexity index is 737. The van der Waals surface area contributed by atoms with E-state index in [4.69, 9.17) is 16.7 Å². The fraction of sp³-hybridized carbons (Fsp3) is 0.467. The van der Waals surface area contributed by atoms with E-state index in [1.807, 2.05) is 0 Å². The first-order chi connectivity index (χ1) is 11.6. The van der Waals surface area contributed by atoms with Crippen LogP contribution in [-0.4, -0.2) is 48.5 Å². The molecule has 1 aromatic rings. The minimum absolute atomic E-state index is 0.145. The quantitative estimate of drug-likeness (QED) is 0.664. The summed E-state index contributed by atoms with van der Waals surface area (Å²) in [7, 11) is -3.81.